The van der Waals surface area contributed by atoms with Crippen molar-refractivity contribution in [1.29, 1.82) is 0 Å². The maximum atomic E-state index is 5.27. The van der Waals surface area contributed by atoms with Crippen molar-refractivity contribution < 1.29 is 4.74 Å². The number of ether oxygens (including phenoxy) is 1. The molecule has 6 heteroatoms. The molecule has 0 aliphatic carbocycles. The van der Waals surface area contributed by atoms with Gasteiger partial charge in [0, 0.05) is 45.0 Å². The Bertz CT molecular complexity index is 948. The van der Waals surface area contributed by atoms with Crippen molar-refractivity contribution in [3.05, 3.63) is 78.1 Å². The Morgan fingerprint density at radius 1 is 1.17 bits per heavy atom. The van der Waals surface area contributed by atoms with E-state index in [1.165, 1.54) is 11.1 Å². The minimum atomic E-state index is 0.532. The average Bonchev–Trinajstić information content (AvgIpc) is 3.50. The van der Waals surface area contributed by atoms with Gasteiger partial charge >= 0.3 is 0 Å². The molecule has 0 radical (unpaired) electrons. The van der Waals surface area contributed by atoms with Crippen LogP contribution in [0.1, 0.15) is 23.5 Å². The van der Waals surface area contributed by atoms with E-state index in [0.717, 1.165) is 49.9 Å². The lowest BCUT2D eigenvalue weighted by molar-refractivity contribution is 0.414. The highest BCUT2D eigenvalue weighted by Gasteiger charge is 2.25. The lowest BCUT2D eigenvalue weighted by atomic mass is 9.98. The number of hydrogen-bond donors (Lipinski definition) is 1. The minimum Gasteiger partial charge on any atom is -0.497 e. The lowest BCUT2D eigenvalue weighted by Gasteiger charge is -2.22. The molecule has 0 spiro atoms. The molecule has 1 fully saturated rings. The molecule has 156 valence electrons. The summed E-state index contributed by atoms with van der Waals surface area (Å²) in [7, 11) is 3.57. The second-order valence-corrected chi connectivity index (χ2v) is 7.55. The Balaban J connectivity index is 1.27. The molecule has 0 saturated carbocycles. The van der Waals surface area contributed by atoms with E-state index in [1.807, 2.05) is 36.1 Å². The van der Waals surface area contributed by atoms with Crippen LogP contribution in [0.25, 0.3) is 5.69 Å². The number of hydrogen-bond acceptors (Lipinski definition) is 3. The highest BCUT2D eigenvalue weighted by molar-refractivity contribution is 5.80. The van der Waals surface area contributed by atoms with E-state index in [2.05, 4.69) is 56.7 Å². The summed E-state index contributed by atoms with van der Waals surface area (Å²) in [5.41, 5.74) is 3.74. The van der Waals surface area contributed by atoms with Gasteiger partial charge in [0.2, 0.25) is 0 Å². The van der Waals surface area contributed by atoms with Crippen molar-refractivity contribution in [1.82, 2.24) is 20.0 Å². The van der Waals surface area contributed by atoms with Crippen LogP contribution >= 0.6 is 0 Å². The zero-order valence-electron chi connectivity index (χ0n) is 17.7. The van der Waals surface area contributed by atoms with Gasteiger partial charge in [-0.25, -0.2) is 4.68 Å². The third-order valence-electron chi connectivity index (χ3n) is 5.69. The Morgan fingerprint density at radius 2 is 1.97 bits per heavy atom. The Kier molecular flexibility index (Phi) is 6.32. The Hall–Kier alpha value is -3.28. The highest BCUT2D eigenvalue weighted by Crippen LogP contribution is 2.28. The number of methoxy groups -OCH3 is 1. The molecule has 1 N–H and O–H groups in total. The normalized spacial score (nSPS) is 16.7. The molecule has 1 unspecified atom stereocenters. The first-order valence-corrected chi connectivity index (χ1v) is 10.5. The standard InChI is InChI=1S/C24H29N5O/c1-25-24(28-17-13-21(18-28)20-6-10-23(30-2)11-7-20)26-15-12-19-4-8-22(9-5-19)29-16-3-14-27-29/h3-11,14,16,21H,12-13,15,17-18H2,1-2H3,(H,25,26). The van der Waals surface area contributed by atoms with Gasteiger partial charge < -0.3 is 15.0 Å². The molecule has 0 amide bonds. The number of nitrogens with zero attached hydrogens (tertiary/aromatic N) is 4. The topological polar surface area (TPSA) is 54.7 Å². The second kappa shape index (κ2) is 9.48. The van der Waals surface area contributed by atoms with Crippen molar-refractivity contribution >= 4 is 5.96 Å². The Labute approximate surface area is 178 Å². The van der Waals surface area contributed by atoms with Gasteiger partial charge in [-0.15, -0.1) is 0 Å². The van der Waals surface area contributed by atoms with E-state index in [4.69, 9.17) is 4.74 Å². The van der Waals surface area contributed by atoms with E-state index < -0.39 is 0 Å². The molecule has 2 aromatic carbocycles. The maximum Gasteiger partial charge on any atom is 0.193 e. The number of aliphatic imine (C=N–C) groups is 1. The summed E-state index contributed by atoms with van der Waals surface area (Å²) in [4.78, 5) is 6.86. The highest BCUT2D eigenvalue weighted by atomic mass is 16.5. The third-order valence-corrected chi connectivity index (χ3v) is 5.69. The summed E-state index contributed by atoms with van der Waals surface area (Å²) in [6.45, 7) is 2.87. The molecule has 3 aromatic rings. The van der Waals surface area contributed by atoms with Crippen LogP contribution in [-0.2, 0) is 6.42 Å². The van der Waals surface area contributed by atoms with Crippen LogP contribution < -0.4 is 10.1 Å². The number of benzene rings is 2. The van der Waals surface area contributed by atoms with E-state index in [1.54, 1.807) is 13.3 Å². The van der Waals surface area contributed by atoms with E-state index >= 15 is 0 Å². The zero-order valence-corrected chi connectivity index (χ0v) is 17.7. The first-order chi connectivity index (χ1) is 14.8. The summed E-state index contributed by atoms with van der Waals surface area (Å²) in [5, 5.41) is 7.80. The van der Waals surface area contributed by atoms with Crippen molar-refractivity contribution in [2.45, 2.75) is 18.8 Å². The van der Waals surface area contributed by atoms with Gasteiger partial charge in [-0.3, -0.25) is 4.99 Å². The molecule has 6 nitrogen and oxygen atoms in total. The van der Waals surface area contributed by atoms with Gasteiger partial charge in [-0.2, -0.15) is 5.10 Å². The number of likely N-dealkylation sites (tertiary alicyclic amines) is 1. The zero-order chi connectivity index (χ0) is 20.8. The van der Waals surface area contributed by atoms with Gasteiger partial charge in [0.25, 0.3) is 0 Å². The summed E-state index contributed by atoms with van der Waals surface area (Å²) >= 11 is 0. The van der Waals surface area contributed by atoms with Crippen LogP contribution in [0.4, 0.5) is 0 Å². The first-order valence-electron chi connectivity index (χ1n) is 10.5. The molecule has 1 saturated heterocycles. The van der Waals surface area contributed by atoms with Gasteiger partial charge in [0.15, 0.2) is 5.96 Å². The third kappa shape index (κ3) is 4.64. The smallest absolute Gasteiger partial charge is 0.193 e. The summed E-state index contributed by atoms with van der Waals surface area (Å²) in [5.74, 6) is 2.42. The predicted molar refractivity (Wildman–Crippen MR) is 121 cm³/mol. The van der Waals surface area contributed by atoms with Crippen LogP contribution in [0.2, 0.25) is 0 Å². The summed E-state index contributed by atoms with van der Waals surface area (Å²) in [6, 6.07) is 18.9. The van der Waals surface area contributed by atoms with Crippen molar-refractivity contribution in [2.75, 3.05) is 33.8 Å². The lowest BCUT2D eigenvalue weighted by Crippen LogP contribution is -2.40. The molecule has 1 aliphatic heterocycles. The monoisotopic (exact) mass is 403 g/mol. The number of nitrogens with one attached hydrogen (secondary N) is 1. The fraction of sp³-hybridized carbons (Fsp3) is 0.333. The summed E-state index contributed by atoms with van der Waals surface area (Å²) < 4.78 is 7.14. The van der Waals surface area contributed by atoms with Crippen LogP contribution in [-0.4, -0.2) is 54.4 Å². The van der Waals surface area contributed by atoms with Gasteiger partial charge in [-0.1, -0.05) is 24.3 Å². The largest absolute Gasteiger partial charge is 0.497 e. The van der Waals surface area contributed by atoms with E-state index in [9.17, 15) is 0 Å². The van der Waals surface area contributed by atoms with Gasteiger partial charge in [0.05, 0.1) is 12.8 Å². The first kappa shape index (κ1) is 20.0. The van der Waals surface area contributed by atoms with Crippen LogP contribution in [0.15, 0.2) is 72.0 Å². The molecule has 0 bridgehead atoms. The van der Waals surface area contributed by atoms with Crippen LogP contribution in [0, 0.1) is 0 Å². The second-order valence-electron chi connectivity index (χ2n) is 7.55. The predicted octanol–water partition coefficient (Wildman–Crippen LogP) is 3.49. The average molecular weight is 404 g/mol. The van der Waals surface area contributed by atoms with Crippen molar-refractivity contribution in [2.24, 2.45) is 4.99 Å². The number of rotatable bonds is 6. The minimum absolute atomic E-state index is 0.532. The van der Waals surface area contributed by atoms with Crippen molar-refractivity contribution in [3.8, 4) is 11.4 Å². The van der Waals surface area contributed by atoms with Crippen molar-refractivity contribution in [3.63, 3.8) is 0 Å². The fourth-order valence-corrected chi connectivity index (χ4v) is 3.99. The molecule has 30 heavy (non-hydrogen) atoms. The van der Waals surface area contributed by atoms with Crippen LogP contribution in [0.3, 0.4) is 0 Å². The Morgan fingerprint density at radius 3 is 2.63 bits per heavy atom. The molecule has 1 aromatic heterocycles. The number of guanidine groups is 1. The number of aromatic nitrogens is 2. The van der Waals surface area contributed by atoms with Gasteiger partial charge in [-0.05, 0) is 54.3 Å². The molecule has 1 aliphatic rings. The SMILES string of the molecule is CN=C(NCCc1ccc(-n2cccn2)cc1)N1CCC(c2ccc(OC)cc2)C1. The quantitative estimate of drug-likeness (QED) is 0.506. The molecule has 4 rings (SSSR count). The molecule has 1 atom stereocenters. The van der Waals surface area contributed by atoms with Crippen LogP contribution in [0.5, 0.6) is 5.75 Å². The summed E-state index contributed by atoms with van der Waals surface area (Å²) in [6.07, 6.45) is 5.84. The maximum absolute atomic E-state index is 5.27. The fourth-order valence-electron chi connectivity index (χ4n) is 3.99. The van der Waals surface area contributed by atoms with E-state index in [-0.39, 0.29) is 0 Å². The molecular weight excluding hydrogens is 374 g/mol. The van der Waals surface area contributed by atoms with E-state index in [0.29, 0.717) is 5.92 Å². The molecular formula is C24H29N5O. The molecule has 2 heterocycles. The van der Waals surface area contributed by atoms with Gasteiger partial charge in [0.1, 0.15) is 5.75 Å².